The molecule has 34 heavy (non-hydrogen) atoms. The van der Waals surface area contributed by atoms with Crippen molar-refractivity contribution >= 4 is 12.1 Å². The molecular weight excluding hydrogens is 420 g/mol. The number of hydrogen-bond acceptors (Lipinski definition) is 3. The van der Waals surface area contributed by atoms with Crippen molar-refractivity contribution in [3.05, 3.63) is 11.1 Å². The molecule has 3 nitrogen and oxygen atoms in total. The molecule has 3 heteroatoms. The quantitative estimate of drug-likeness (QED) is 0.456. The van der Waals surface area contributed by atoms with Gasteiger partial charge >= 0.3 is 0 Å². The number of allylic oxidation sites excluding steroid dienone is 2. The maximum atomic E-state index is 13.2. The van der Waals surface area contributed by atoms with Crippen LogP contribution in [0.3, 0.4) is 0 Å². The summed E-state index contributed by atoms with van der Waals surface area (Å²) in [5, 5.41) is 10.9. The molecule has 5 aliphatic rings. The largest absolute Gasteiger partial charge is 0.393 e. The molecule has 1 N–H and O–H groups in total. The van der Waals surface area contributed by atoms with E-state index in [2.05, 4.69) is 41.5 Å². The van der Waals surface area contributed by atoms with Crippen molar-refractivity contribution in [3.63, 3.8) is 0 Å². The number of aliphatic hydroxyl groups excluding tert-OH is 1. The molecule has 0 bridgehead atoms. The van der Waals surface area contributed by atoms with E-state index in [-0.39, 0.29) is 28.6 Å². The topological polar surface area (TPSA) is 54.4 Å². The van der Waals surface area contributed by atoms with Gasteiger partial charge in [0.15, 0.2) is 5.78 Å². The highest BCUT2D eigenvalue weighted by atomic mass is 16.3. The molecule has 0 aromatic rings. The zero-order valence-electron chi connectivity index (χ0n) is 22.6. The van der Waals surface area contributed by atoms with Crippen molar-refractivity contribution in [3.8, 4) is 0 Å². The van der Waals surface area contributed by atoms with Gasteiger partial charge in [-0.2, -0.15) is 0 Å². The van der Waals surface area contributed by atoms with E-state index in [1.165, 1.54) is 31.1 Å². The van der Waals surface area contributed by atoms with E-state index < -0.39 is 5.41 Å². The Kier molecular flexibility index (Phi) is 5.83. The van der Waals surface area contributed by atoms with Gasteiger partial charge in [-0.05, 0) is 115 Å². The van der Waals surface area contributed by atoms with E-state index in [0.717, 1.165) is 50.5 Å². The van der Waals surface area contributed by atoms with Crippen molar-refractivity contribution in [2.24, 2.45) is 51.2 Å². The molecule has 1 unspecified atom stereocenters. The van der Waals surface area contributed by atoms with E-state index in [1.807, 2.05) is 0 Å². The fourth-order valence-corrected chi connectivity index (χ4v) is 10.9. The summed E-state index contributed by atoms with van der Waals surface area (Å²) in [6, 6.07) is 0. The highest BCUT2D eigenvalue weighted by molar-refractivity contribution is 6.03. The minimum absolute atomic E-state index is 0.125. The van der Waals surface area contributed by atoms with Gasteiger partial charge < -0.3 is 9.90 Å². The van der Waals surface area contributed by atoms with Crippen LogP contribution in [0.5, 0.6) is 0 Å². The van der Waals surface area contributed by atoms with E-state index in [0.29, 0.717) is 35.5 Å². The average molecular weight is 469 g/mol. The molecule has 0 amide bonds. The molecule has 0 heterocycles. The van der Waals surface area contributed by atoms with Gasteiger partial charge in [0, 0.05) is 6.42 Å². The number of fused-ring (bicyclic) bond motifs is 7. The van der Waals surface area contributed by atoms with Crippen molar-refractivity contribution in [2.45, 2.75) is 118 Å². The molecular formula is C31H48O3. The van der Waals surface area contributed by atoms with Crippen molar-refractivity contribution in [1.82, 2.24) is 0 Å². The number of Topliss-reactive ketones (excluding diaryl/α,β-unsaturated/α-hetero) is 1. The van der Waals surface area contributed by atoms with Crippen molar-refractivity contribution in [2.75, 3.05) is 0 Å². The van der Waals surface area contributed by atoms with Gasteiger partial charge in [0.25, 0.3) is 0 Å². The van der Waals surface area contributed by atoms with Gasteiger partial charge in [0.2, 0.25) is 0 Å². The summed E-state index contributed by atoms with van der Waals surface area (Å²) < 4.78 is 0. The fourth-order valence-electron chi connectivity index (χ4n) is 10.9. The molecule has 4 fully saturated rings. The monoisotopic (exact) mass is 468 g/mol. The number of aliphatic hydroxyl groups is 1. The number of rotatable bonds is 4. The molecule has 0 radical (unpaired) electrons. The van der Waals surface area contributed by atoms with Gasteiger partial charge in [-0.15, -0.1) is 0 Å². The van der Waals surface area contributed by atoms with Crippen LogP contribution < -0.4 is 0 Å². The van der Waals surface area contributed by atoms with Crippen LogP contribution in [0.15, 0.2) is 11.1 Å². The summed E-state index contributed by atoms with van der Waals surface area (Å²) in [6.45, 7) is 14.3. The highest BCUT2D eigenvalue weighted by Gasteiger charge is 2.69. The standard InChI is InChI=1S/C31H48O3/c1-7-8-20-21-11-14-30(6)25(28(21,4)13-12-23(20)33)10-9-22-27-26(19(2)3)24(34)17-31(27,18-32)16-15-29(22,30)5/h18-23,25,33H,7-17H2,1-6H3/t20-,21+,22-,23+,25-,28+,29-,30?,31+/m1/s1. The average Bonchev–Trinajstić information content (AvgIpc) is 3.09. The first-order valence-electron chi connectivity index (χ1n) is 14.4. The zero-order valence-corrected chi connectivity index (χ0v) is 22.6. The van der Waals surface area contributed by atoms with Crippen LogP contribution in [0.2, 0.25) is 0 Å². The third-order valence-corrected chi connectivity index (χ3v) is 12.7. The zero-order chi connectivity index (χ0) is 24.7. The van der Waals surface area contributed by atoms with Crippen LogP contribution >= 0.6 is 0 Å². The Morgan fingerprint density at radius 3 is 2.38 bits per heavy atom. The molecule has 9 atom stereocenters. The highest BCUT2D eigenvalue weighted by Crippen LogP contribution is 2.75. The van der Waals surface area contributed by atoms with E-state index in [4.69, 9.17) is 0 Å². The van der Waals surface area contributed by atoms with Crippen LogP contribution in [0, 0.1) is 51.2 Å². The third-order valence-electron chi connectivity index (χ3n) is 12.7. The second-order valence-electron chi connectivity index (χ2n) is 14.1. The lowest BCUT2D eigenvalue weighted by atomic mass is 9.34. The maximum absolute atomic E-state index is 13.2. The summed E-state index contributed by atoms with van der Waals surface area (Å²) >= 11 is 0. The third kappa shape index (κ3) is 2.97. The van der Waals surface area contributed by atoms with E-state index >= 15 is 0 Å². The summed E-state index contributed by atoms with van der Waals surface area (Å²) in [5.41, 5.74) is 2.40. The van der Waals surface area contributed by atoms with Crippen molar-refractivity contribution < 1.29 is 14.7 Å². The minimum Gasteiger partial charge on any atom is -0.393 e. The van der Waals surface area contributed by atoms with Crippen molar-refractivity contribution in [1.29, 1.82) is 0 Å². The number of carbonyl (C=O) groups is 2. The lowest BCUT2D eigenvalue weighted by Crippen LogP contribution is -2.64. The van der Waals surface area contributed by atoms with Gasteiger partial charge in [-0.25, -0.2) is 0 Å². The SMILES string of the molecule is CCC[C@H]1[C@@H](O)CC[C@@]2(C)[C@H]1CCC1(C)[C@@H]2CC[C@@H]2C3=C(C(C)C)C(=O)C[C@]3(C=O)CC[C@]21C. The molecule has 0 aromatic carbocycles. The van der Waals surface area contributed by atoms with Crippen LogP contribution in [0.1, 0.15) is 112 Å². The number of ketones is 1. The smallest absolute Gasteiger partial charge is 0.160 e. The summed E-state index contributed by atoms with van der Waals surface area (Å²) in [7, 11) is 0. The molecule has 190 valence electrons. The molecule has 0 aromatic heterocycles. The second-order valence-corrected chi connectivity index (χ2v) is 14.1. The molecule has 0 saturated heterocycles. The maximum Gasteiger partial charge on any atom is 0.160 e. The molecule has 5 aliphatic carbocycles. The first-order valence-corrected chi connectivity index (χ1v) is 14.4. The van der Waals surface area contributed by atoms with Gasteiger partial charge in [0.1, 0.15) is 6.29 Å². The number of carbonyl (C=O) groups excluding carboxylic acids is 2. The number of hydrogen-bond donors (Lipinski definition) is 1. The van der Waals surface area contributed by atoms with Crippen LogP contribution in [-0.2, 0) is 9.59 Å². The van der Waals surface area contributed by atoms with Crippen LogP contribution in [-0.4, -0.2) is 23.3 Å². The van der Waals surface area contributed by atoms with Gasteiger partial charge in [-0.1, -0.05) is 48.0 Å². The van der Waals surface area contributed by atoms with Gasteiger partial charge in [-0.3, -0.25) is 4.79 Å². The van der Waals surface area contributed by atoms with Crippen LogP contribution in [0.4, 0.5) is 0 Å². The Morgan fingerprint density at radius 1 is 1.00 bits per heavy atom. The summed E-state index contributed by atoms with van der Waals surface area (Å²) in [4.78, 5) is 25.8. The Labute approximate surface area is 207 Å². The Morgan fingerprint density at radius 2 is 1.74 bits per heavy atom. The Bertz CT molecular complexity index is 902. The Balaban J connectivity index is 1.58. The molecule has 5 rings (SSSR count). The predicted molar refractivity (Wildman–Crippen MR) is 136 cm³/mol. The fraction of sp³-hybridized carbons (Fsp3) is 0.871. The first kappa shape index (κ1) is 24.7. The summed E-state index contributed by atoms with van der Waals surface area (Å²) in [5.74, 6) is 2.54. The van der Waals surface area contributed by atoms with E-state index in [9.17, 15) is 14.7 Å². The van der Waals surface area contributed by atoms with Crippen LogP contribution in [0.25, 0.3) is 0 Å². The lowest BCUT2D eigenvalue weighted by Gasteiger charge is -2.71. The lowest BCUT2D eigenvalue weighted by molar-refractivity contribution is -0.213. The van der Waals surface area contributed by atoms with Gasteiger partial charge in [0.05, 0.1) is 11.5 Å². The second kappa shape index (κ2) is 8.02. The van der Waals surface area contributed by atoms with E-state index in [1.54, 1.807) is 0 Å². The Hall–Kier alpha value is -0.960. The molecule has 0 aliphatic heterocycles. The number of aldehydes is 1. The summed E-state index contributed by atoms with van der Waals surface area (Å²) in [6.07, 6.45) is 12.6. The molecule has 0 spiro atoms. The molecule has 4 saturated carbocycles. The first-order chi connectivity index (χ1) is 16.0. The predicted octanol–water partition coefficient (Wildman–Crippen LogP) is 6.92. The minimum atomic E-state index is -0.521. The normalized spacial score (nSPS) is 50.5.